The summed E-state index contributed by atoms with van der Waals surface area (Å²) in [6.45, 7) is 4.25. The van der Waals surface area contributed by atoms with Crippen LogP contribution in [0.1, 0.15) is 37.2 Å². The van der Waals surface area contributed by atoms with Crippen LogP contribution >= 0.6 is 0 Å². The van der Waals surface area contributed by atoms with E-state index in [9.17, 15) is 9.18 Å². The van der Waals surface area contributed by atoms with Gasteiger partial charge in [0.05, 0.1) is 25.2 Å². The molecule has 2 heterocycles. The van der Waals surface area contributed by atoms with Crippen LogP contribution in [0.2, 0.25) is 0 Å². The summed E-state index contributed by atoms with van der Waals surface area (Å²) in [7, 11) is 1.49. The molecule has 2 aromatic rings. The fraction of sp³-hybridized carbons (Fsp3) is 0.389. The van der Waals surface area contributed by atoms with Crippen molar-refractivity contribution in [3.05, 3.63) is 42.1 Å². The van der Waals surface area contributed by atoms with E-state index in [-0.39, 0.29) is 23.1 Å². The van der Waals surface area contributed by atoms with Gasteiger partial charge in [0.15, 0.2) is 5.69 Å². The Morgan fingerprint density at radius 1 is 1.36 bits per heavy atom. The van der Waals surface area contributed by atoms with Crippen LogP contribution in [0.4, 0.5) is 15.9 Å². The van der Waals surface area contributed by atoms with Crippen molar-refractivity contribution >= 4 is 17.4 Å². The van der Waals surface area contributed by atoms with Gasteiger partial charge in [0.2, 0.25) is 0 Å². The van der Waals surface area contributed by atoms with Crippen LogP contribution in [0.5, 0.6) is 5.75 Å². The summed E-state index contributed by atoms with van der Waals surface area (Å²) < 4.78 is 18.5. The molecule has 2 aromatic heterocycles. The van der Waals surface area contributed by atoms with Crippen LogP contribution in [-0.4, -0.2) is 29.0 Å². The van der Waals surface area contributed by atoms with Crippen molar-refractivity contribution in [2.75, 3.05) is 12.4 Å². The molecule has 1 amide bonds. The first-order chi connectivity index (χ1) is 11.9. The van der Waals surface area contributed by atoms with Crippen molar-refractivity contribution in [1.82, 2.24) is 15.3 Å². The number of anilines is 2. The smallest absolute Gasteiger partial charge is 0.274 e. The zero-order chi connectivity index (χ0) is 18.0. The quantitative estimate of drug-likeness (QED) is 0.870. The Morgan fingerprint density at radius 2 is 2.16 bits per heavy atom. The Labute approximate surface area is 145 Å². The Kier molecular flexibility index (Phi) is 4.57. The van der Waals surface area contributed by atoms with Crippen molar-refractivity contribution in [1.29, 1.82) is 0 Å². The lowest BCUT2D eigenvalue weighted by Crippen LogP contribution is -2.52. The number of amides is 1. The number of hydrogen-bond acceptors (Lipinski definition) is 5. The van der Waals surface area contributed by atoms with E-state index in [2.05, 4.69) is 34.4 Å². The summed E-state index contributed by atoms with van der Waals surface area (Å²) >= 11 is 0. The van der Waals surface area contributed by atoms with Crippen LogP contribution in [0.3, 0.4) is 0 Å². The summed E-state index contributed by atoms with van der Waals surface area (Å²) in [5, 5.41) is 5.96. The number of rotatable bonds is 5. The molecule has 2 N–H and O–H groups in total. The number of nitrogens with zero attached hydrogens (tertiary/aromatic N) is 2. The highest BCUT2D eigenvalue weighted by atomic mass is 19.1. The lowest BCUT2D eigenvalue weighted by Gasteiger charge is -2.44. The SMILES string of the molecule is COc1ccc(Nc2cncc(F)c2)nc1C(=O)NC1CCC1(C)C. The third-order valence-electron chi connectivity index (χ3n) is 4.60. The number of carbonyl (C=O) groups is 1. The van der Waals surface area contributed by atoms with Crippen molar-refractivity contribution in [3.8, 4) is 5.75 Å². The predicted octanol–water partition coefficient (Wildman–Crippen LogP) is 3.29. The highest BCUT2D eigenvalue weighted by Gasteiger charge is 2.39. The van der Waals surface area contributed by atoms with Gasteiger partial charge in [0.25, 0.3) is 5.91 Å². The van der Waals surface area contributed by atoms with Gasteiger partial charge in [-0.15, -0.1) is 0 Å². The zero-order valence-corrected chi connectivity index (χ0v) is 14.5. The second-order valence-electron chi connectivity index (χ2n) is 6.82. The zero-order valence-electron chi connectivity index (χ0n) is 14.5. The Balaban J connectivity index is 1.81. The molecule has 0 aromatic carbocycles. The molecule has 1 aliphatic rings. The summed E-state index contributed by atoms with van der Waals surface area (Å²) in [6.07, 6.45) is 4.63. The molecule has 0 radical (unpaired) electrons. The molecule has 1 saturated carbocycles. The molecule has 0 bridgehead atoms. The van der Waals surface area contributed by atoms with Gasteiger partial charge >= 0.3 is 0 Å². The van der Waals surface area contributed by atoms with Crippen LogP contribution in [0, 0.1) is 11.2 Å². The maximum atomic E-state index is 13.3. The maximum absolute atomic E-state index is 13.3. The van der Waals surface area contributed by atoms with Gasteiger partial charge in [0.1, 0.15) is 17.4 Å². The molecular formula is C18H21FN4O2. The number of pyridine rings is 2. The molecule has 1 fully saturated rings. The molecule has 25 heavy (non-hydrogen) atoms. The van der Waals surface area contributed by atoms with Gasteiger partial charge in [-0.1, -0.05) is 13.8 Å². The number of ether oxygens (including phenoxy) is 1. The van der Waals surface area contributed by atoms with E-state index >= 15 is 0 Å². The predicted molar refractivity (Wildman–Crippen MR) is 92.5 cm³/mol. The van der Waals surface area contributed by atoms with Gasteiger partial charge in [-0.2, -0.15) is 0 Å². The fourth-order valence-corrected chi connectivity index (χ4v) is 2.83. The highest BCUT2D eigenvalue weighted by molar-refractivity contribution is 5.95. The van der Waals surface area contributed by atoms with Crippen molar-refractivity contribution in [2.24, 2.45) is 5.41 Å². The molecule has 1 unspecified atom stereocenters. The van der Waals surface area contributed by atoms with E-state index in [4.69, 9.17) is 4.74 Å². The number of aromatic nitrogens is 2. The average molecular weight is 344 g/mol. The van der Waals surface area contributed by atoms with Crippen LogP contribution in [0.15, 0.2) is 30.6 Å². The van der Waals surface area contributed by atoms with E-state index in [0.717, 1.165) is 19.0 Å². The molecule has 132 valence electrons. The molecule has 0 saturated heterocycles. The Hall–Kier alpha value is -2.70. The first-order valence-electron chi connectivity index (χ1n) is 8.12. The normalized spacial score (nSPS) is 18.2. The molecule has 1 atom stereocenters. The summed E-state index contributed by atoms with van der Waals surface area (Å²) in [5.41, 5.74) is 0.732. The molecular weight excluding hydrogens is 323 g/mol. The van der Waals surface area contributed by atoms with Crippen molar-refractivity contribution in [3.63, 3.8) is 0 Å². The standard InChI is InChI=1S/C18H21FN4O2/c1-18(2)7-6-14(18)22-17(24)16-13(25-3)4-5-15(23-16)21-12-8-11(19)9-20-10-12/h4-5,8-10,14H,6-7H2,1-3H3,(H,21,23)(H,22,24). The minimum Gasteiger partial charge on any atom is -0.494 e. The molecule has 0 aliphatic heterocycles. The number of hydrogen-bond donors (Lipinski definition) is 2. The third-order valence-corrected chi connectivity index (χ3v) is 4.60. The van der Waals surface area contributed by atoms with Gasteiger partial charge in [-0.3, -0.25) is 9.78 Å². The highest BCUT2D eigenvalue weighted by Crippen LogP contribution is 2.40. The largest absolute Gasteiger partial charge is 0.494 e. The van der Waals surface area contributed by atoms with Gasteiger partial charge in [-0.25, -0.2) is 9.37 Å². The third kappa shape index (κ3) is 3.70. The van der Waals surface area contributed by atoms with E-state index in [0.29, 0.717) is 17.3 Å². The number of methoxy groups -OCH3 is 1. The first kappa shape index (κ1) is 17.1. The molecule has 7 heteroatoms. The van der Waals surface area contributed by atoms with Crippen LogP contribution < -0.4 is 15.4 Å². The van der Waals surface area contributed by atoms with Crippen molar-refractivity contribution in [2.45, 2.75) is 32.7 Å². The fourth-order valence-electron chi connectivity index (χ4n) is 2.83. The Bertz CT molecular complexity index is 794. The van der Waals surface area contributed by atoms with Crippen LogP contribution in [-0.2, 0) is 0 Å². The second-order valence-corrected chi connectivity index (χ2v) is 6.82. The lowest BCUT2D eigenvalue weighted by atomic mass is 9.67. The summed E-state index contributed by atoms with van der Waals surface area (Å²) in [5.74, 6) is 0.0584. The van der Waals surface area contributed by atoms with Gasteiger partial charge < -0.3 is 15.4 Å². The minimum absolute atomic E-state index is 0.0893. The number of nitrogens with one attached hydrogen (secondary N) is 2. The van der Waals surface area contributed by atoms with E-state index < -0.39 is 5.82 Å². The lowest BCUT2D eigenvalue weighted by molar-refractivity contribution is 0.0725. The molecule has 1 aliphatic carbocycles. The topological polar surface area (TPSA) is 76.1 Å². The molecule has 3 rings (SSSR count). The Morgan fingerprint density at radius 3 is 2.76 bits per heavy atom. The molecule has 6 nitrogen and oxygen atoms in total. The van der Waals surface area contributed by atoms with Crippen LogP contribution in [0.25, 0.3) is 0 Å². The van der Waals surface area contributed by atoms with Gasteiger partial charge in [-0.05, 0) is 30.4 Å². The van der Waals surface area contributed by atoms with E-state index in [1.165, 1.54) is 19.4 Å². The second kappa shape index (κ2) is 6.66. The van der Waals surface area contributed by atoms with Gasteiger partial charge in [0, 0.05) is 12.1 Å². The summed E-state index contributed by atoms with van der Waals surface area (Å²) in [4.78, 5) is 20.7. The minimum atomic E-state index is -0.455. The summed E-state index contributed by atoms with van der Waals surface area (Å²) in [6, 6.07) is 4.74. The monoisotopic (exact) mass is 344 g/mol. The first-order valence-corrected chi connectivity index (χ1v) is 8.12. The van der Waals surface area contributed by atoms with Crippen molar-refractivity contribution < 1.29 is 13.9 Å². The average Bonchev–Trinajstić information content (AvgIpc) is 2.58. The van der Waals surface area contributed by atoms with E-state index in [1.54, 1.807) is 12.1 Å². The molecule has 0 spiro atoms. The number of halogens is 1. The van der Waals surface area contributed by atoms with E-state index in [1.807, 2.05) is 0 Å². The number of carbonyl (C=O) groups excluding carboxylic acids is 1. The maximum Gasteiger partial charge on any atom is 0.274 e.